The molecular formula is C21H20N6O2. The third kappa shape index (κ3) is 3.61. The number of H-pyrrole nitrogens is 1. The first-order valence-electron chi connectivity index (χ1n) is 9.71. The molecule has 1 amide bonds. The zero-order chi connectivity index (χ0) is 19.6. The van der Waals surface area contributed by atoms with Gasteiger partial charge in [0.15, 0.2) is 0 Å². The molecule has 0 radical (unpaired) electrons. The third-order valence-corrected chi connectivity index (χ3v) is 5.33. The Kier molecular flexibility index (Phi) is 4.51. The van der Waals surface area contributed by atoms with E-state index in [1.165, 1.54) is 0 Å². The van der Waals surface area contributed by atoms with Crippen LogP contribution in [0, 0.1) is 5.92 Å². The molecule has 0 aliphatic carbocycles. The number of carbonyl (C=O) groups is 1. The molecule has 146 valence electrons. The van der Waals surface area contributed by atoms with Crippen molar-refractivity contribution in [2.75, 3.05) is 13.1 Å². The Morgan fingerprint density at radius 3 is 3.14 bits per heavy atom. The fraction of sp³-hybridized carbons (Fsp3) is 0.286. The van der Waals surface area contributed by atoms with E-state index in [2.05, 4.69) is 25.1 Å². The average Bonchev–Trinajstić information content (AvgIpc) is 3.43. The molecule has 3 aromatic heterocycles. The van der Waals surface area contributed by atoms with Gasteiger partial charge in [-0.05, 0) is 43.0 Å². The second-order valence-corrected chi connectivity index (χ2v) is 7.35. The summed E-state index contributed by atoms with van der Waals surface area (Å²) in [5, 5.41) is 5.05. The highest BCUT2D eigenvalue weighted by Crippen LogP contribution is 2.24. The average molecular weight is 388 g/mol. The molecule has 0 saturated carbocycles. The van der Waals surface area contributed by atoms with Crippen LogP contribution in [0.15, 0.2) is 53.6 Å². The van der Waals surface area contributed by atoms with Crippen molar-refractivity contribution < 1.29 is 9.32 Å². The standard InChI is InChI=1S/C21H20N6O2/c28-21(16-3-4-17-15(11-16)5-6-23-17)27-9-1-2-14(13-27)10-19-25-20(26-29-19)18-12-22-7-8-24-18/h3-8,11-12,14,23H,1-2,9-10,13H2. The van der Waals surface area contributed by atoms with Crippen LogP contribution in [-0.2, 0) is 6.42 Å². The highest BCUT2D eigenvalue weighted by atomic mass is 16.5. The predicted molar refractivity (Wildman–Crippen MR) is 106 cm³/mol. The first kappa shape index (κ1) is 17.5. The predicted octanol–water partition coefficient (Wildman–Crippen LogP) is 3.10. The van der Waals surface area contributed by atoms with E-state index in [4.69, 9.17) is 4.52 Å². The second kappa shape index (κ2) is 7.46. The van der Waals surface area contributed by atoms with Crippen molar-refractivity contribution >= 4 is 16.8 Å². The summed E-state index contributed by atoms with van der Waals surface area (Å²) in [7, 11) is 0. The number of piperidine rings is 1. The van der Waals surface area contributed by atoms with E-state index in [0.717, 1.165) is 35.9 Å². The van der Waals surface area contributed by atoms with Crippen LogP contribution in [0.1, 0.15) is 29.1 Å². The number of fused-ring (bicyclic) bond motifs is 1. The molecule has 1 unspecified atom stereocenters. The molecule has 1 atom stereocenters. The van der Waals surface area contributed by atoms with Gasteiger partial charge >= 0.3 is 0 Å². The minimum Gasteiger partial charge on any atom is -0.361 e. The first-order valence-corrected chi connectivity index (χ1v) is 9.71. The molecule has 1 fully saturated rings. The summed E-state index contributed by atoms with van der Waals surface area (Å²) >= 11 is 0. The van der Waals surface area contributed by atoms with Gasteiger partial charge in [-0.1, -0.05) is 5.16 Å². The van der Waals surface area contributed by atoms with Gasteiger partial charge in [0.25, 0.3) is 5.91 Å². The smallest absolute Gasteiger partial charge is 0.253 e. The number of aromatic amines is 1. The Hall–Kier alpha value is -3.55. The highest BCUT2D eigenvalue weighted by Gasteiger charge is 2.26. The van der Waals surface area contributed by atoms with Gasteiger partial charge in [-0.3, -0.25) is 9.78 Å². The van der Waals surface area contributed by atoms with Gasteiger partial charge in [0.05, 0.1) is 6.20 Å². The summed E-state index contributed by atoms with van der Waals surface area (Å²) in [6.45, 7) is 1.46. The van der Waals surface area contributed by atoms with Crippen molar-refractivity contribution in [2.45, 2.75) is 19.3 Å². The minimum absolute atomic E-state index is 0.0728. The van der Waals surface area contributed by atoms with Crippen LogP contribution in [0.4, 0.5) is 0 Å². The number of aromatic nitrogens is 5. The summed E-state index contributed by atoms with van der Waals surface area (Å²) in [6, 6.07) is 7.77. The number of hydrogen-bond donors (Lipinski definition) is 1. The van der Waals surface area contributed by atoms with E-state index < -0.39 is 0 Å². The maximum atomic E-state index is 13.0. The zero-order valence-corrected chi connectivity index (χ0v) is 15.8. The van der Waals surface area contributed by atoms with Crippen molar-refractivity contribution in [3.63, 3.8) is 0 Å². The number of nitrogens with one attached hydrogen (secondary N) is 1. The van der Waals surface area contributed by atoms with Gasteiger partial charge in [-0.15, -0.1) is 0 Å². The lowest BCUT2D eigenvalue weighted by Gasteiger charge is -2.32. The van der Waals surface area contributed by atoms with Crippen LogP contribution in [0.5, 0.6) is 0 Å². The number of benzene rings is 1. The van der Waals surface area contributed by atoms with Crippen LogP contribution in [0.2, 0.25) is 0 Å². The SMILES string of the molecule is O=C(c1ccc2[nH]ccc2c1)N1CCCC(Cc2nc(-c3cnccn3)no2)C1. The number of hydrogen-bond acceptors (Lipinski definition) is 6. The van der Waals surface area contributed by atoms with Crippen molar-refractivity contribution in [3.05, 3.63) is 60.5 Å². The Morgan fingerprint density at radius 2 is 2.24 bits per heavy atom. The molecular weight excluding hydrogens is 368 g/mol. The Bertz CT molecular complexity index is 1140. The molecule has 4 aromatic rings. The number of nitrogens with zero attached hydrogens (tertiary/aromatic N) is 5. The zero-order valence-electron chi connectivity index (χ0n) is 15.8. The molecule has 0 spiro atoms. The summed E-state index contributed by atoms with van der Waals surface area (Å²) in [6.07, 6.45) is 9.34. The van der Waals surface area contributed by atoms with E-state index in [-0.39, 0.29) is 5.91 Å². The molecule has 5 rings (SSSR count). The Balaban J connectivity index is 1.27. The number of carbonyl (C=O) groups excluding carboxylic acids is 1. The molecule has 1 saturated heterocycles. The van der Waals surface area contributed by atoms with E-state index in [1.807, 2.05) is 35.4 Å². The lowest BCUT2D eigenvalue weighted by molar-refractivity contribution is 0.0668. The summed E-state index contributed by atoms with van der Waals surface area (Å²) < 4.78 is 5.41. The van der Waals surface area contributed by atoms with Crippen molar-refractivity contribution in [1.82, 2.24) is 30.0 Å². The van der Waals surface area contributed by atoms with Crippen molar-refractivity contribution in [2.24, 2.45) is 5.92 Å². The van der Waals surface area contributed by atoms with E-state index in [0.29, 0.717) is 36.3 Å². The summed E-state index contributed by atoms with van der Waals surface area (Å²) in [5.41, 5.74) is 2.34. The maximum absolute atomic E-state index is 13.0. The van der Waals surface area contributed by atoms with Gasteiger partial charge in [-0.25, -0.2) is 4.98 Å². The van der Waals surface area contributed by atoms with Crippen LogP contribution < -0.4 is 0 Å². The molecule has 1 aromatic carbocycles. The van der Waals surface area contributed by atoms with Crippen LogP contribution in [0.3, 0.4) is 0 Å². The fourth-order valence-corrected chi connectivity index (χ4v) is 3.89. The highest BCUT2D eigenvalue weighted by molar-refractivity contribution is 5.98. The van der Waals surface area contributed by atoms with Crippen LogP contribution in [0.25, 0.3) is 22.4 Å². The van der Waals surface area contributed by atoms with E-state index in [9.17, 15) is 4.79 Å². The molecule has 8 nitrogen and oxygen atoms in total. The second-order valence-electron chi connectivity index (χ2n) is 7.35. The molecule has 1 N–H and O–H groups in total. The molecule has 1 aliphatic heterocycles. The van der Waals surface area contributed by atoms with Gasteiger partial charge < -0.3 is 14.4 Å². The topological polar surface area (TPSA) is 101 Å². The minimum atomic E-state index is 0.0728. The Morgan fingerprint density at radius 1 is 1.28 bits per heavy atom. The number of amides is 1. The fourth-order valence-electron chi connectivity index (χ4n) is 3.89. The monoisotopic (exact) mass is 388 g/mol. The third-order valence-electron chi connectivity index (χ3n) is 5.33. The Labute approximate surface area is 167 Å². The number of likely N-dealkylation sites (tertiary alicyclic amines) is 1. The molecule has 29 heavy (non-hydrogen) atoms. The lowest BCUT2D eigenvalue weighted by Crippen LogP contribution is -2.40. The molecule has 8 heteroatoms. The van der Waals surface area contributed by atoms with Crippen LogP contribution >= 0.6 is 0 Å². The first-order chi connectivity index (χ1) is 14.3. The summed E-state index contributed by atoms with van der Waals surface area (Å²) in [5.74, 6) is 1.37. The molecule has 4 heterocycles. The maximum Gasteiger partial charge on any atom is 0.253 e. The van der Waals surface area contributed by atoms with E-state index in [1.54, 1.807) is 18.6 Å². The van der Waals surface area contributed by atoms with Crippen molar-refractivity contribution in [3.8, 4) is 11.5 Å². The van der Waals surface area contributed by atoms with Gasteiger partial charge in [0, 0.05) is 54.6 Å². The quantitative estimate of drug-likeness (QED) is 0.576. The van der Waals surface area contributed by atoms with Crippen LogP contribution in [-0.4, -0.2) is 49.0 Å². The normalized spacial score (nSPS) is 17.0. The van der Waals surface area contributed by atoms with Gasteiger partial charge in [0.2, 0.25) is 11.7 Å². The molecule has 1 aliphatic rings. The summed E-state index contributed by atoms with van der Waals surface area (Å²) in [4.78, 5) is 30.8. The van der Waals surface area contributed by atoms with Gasteiger partial charge in [0.1, 0.15) is 5.69 Å². The number of rotatable bonds is 4. The van der Waals surface area contributed by atoms with Gasteiger partial charge in [-0.2, -0.15) is 4.98 Å². The van der Waals surface area contributed by atoms with E-state index >= 15 is 0 Å². The lowest BCUT2D eigenvalue weighted by atomic mass is 9.94. The molecule has 0 bridgehead atoms. The van der Waals surface area contributed by atoms with Crippen molar-refractivity contribution in [1.29, 1.82) is 0 Å². The largest absolute Gasteiger partial charge is 0.361 e.